The summed E-state index contributed by atoms with van der Waals surface area (Å²) >= 11 is 1.53. The molecule has 0 radical (unpaired) electrons. The summed E-state index contributed by atoms with van der Waals surface area (Å²) in [7, 11) is 0. The number of ether oxygens (including phenoxy) is 1. The zero-order valence-electron chi connectivity index (χ0n) is 5.33. The second-order valence-corrected chi connectivity index (χ2v) is 2.52. The minimum absolute atomic E-state index is 0.794. The van der Waals surface area contributed by atoms with Gasteiger partial charge in [-0.25, -0.2) is 4.98 Å². The van der Waals surface area contributed by atoms with E-state index in [9.17, 15) is 0 Å². The molecule has 0 fully saturated rings. The van der Waals surface area contributed by atoms with E-state index in [1.165, 1.54) is 11.3 Å². The lowest BCUT2D eigenvalue weighted by atomic mass is 10.5. The largest absolute Gasteiger partial charge is 0.483 e. The normalized spacial score (nSPS) is 9.44. The Balaban J connectivity index is 2.30. The fourth-order valence-electron chi connectivity index (χ4n) is 0.478. The molecule has 1 aromatic rings. The van der Waals surface area contributed by atoms with Crippen molar-refractivity contribution in [2.75, 3.05) is 6.61 Å². The van der Waals surface area contributed by atoms with Crippen LogP contribution >= 0.6 is 11.3 Å². The molecule has 0 N–H and O–H groups in total. The number of rotatable bonds is 3. The number of aromatic nitrogens is 1. The Kier molecular flexibility index (Phi) is 2.51. The lowest BCUT2D eigenvalue weighted by molar-refractivity contribution is 0.326. The van der Waals surface area contributed by atoms with Gasteiger partial charge in [-0.1, -0.05) is 18.3 Å². The molecule has 3 heteroatoms. The summed E-state index contributed by atoms with van der Waals surface area (Å²) in [4.78, 5) is 3.87. The van der Waals surface area contributed by atoms with Crippen molar-refractivity contribution < 1.29 is 4.74 Å². The third kappa shape index (κ3) is 2.01. The summed E-state index contributed by atoms with van der Waals surface area (Å²) in [5.41, 5.74) is 1.77. The van der Waals surface area contributed by atoms with Gasteiger partial charge in [0.15, 0.2) is 5.06 Å². The molecule has 1 aromatic heterocycles. The lowest BCUT2D eigenvalue weighted by Gasteiger charge is -1.96. The van der Waals surface area contributed by atoms with Crippen molar-refractivity contribution in [2.45, 2.75) is 13.3 Å². The first kappa shape index (κ1) is 6.55. The van der Waals surface area contributed by atoms with Gasteiger partial charge >= 0.3 is 0 Å². The average Bonchev–Trinajstić information content (AvgIpc) is 2.34. The molecule has 0 unspecified atom stereocenters. The maximum atomic E-state index is 5.25. The van der Waals surface area contributed by atoms with Crippen molar-refractivity contribution in [3.63, 3.8) is 0 Å². The summed E-state index contributed by atoms with van der Waals surface area (Å²) in [5, 5.41) is 0.914. The molecule has 2 nitrogen and oxygen atoms in total. The molecule has 0 amide bonds. The molecule has 0 saturated carbocycles. The molecule has 0 aliphatic rings. The van der Waals surface area contributed by atoms with E-state index in [-0.39, 0.29) is 0 Å². The Labute approximate surface area is 58.5 Å². The van der Waals surface area contributed by atoms with Crippen LogP contribution < -0.4 is 4.74 Å². The zero-order valence-corrected chi connectivity index (χ0v) is 6.15. The third-order valence-corrected chi connectivity index (χ3v) is 1.54. The van der Waals surface area contributed by atoms with E-state index in [0.717, 1.165) is 18.1 Å². The summed E-state index contributed by atoms with van der Waals surface area (Å²) in [5.74, 6) is 0. The topological polar surface area (TPSA) is 22.1 Å². The van der Waals surface area contributed by atoms with Crippen molar-refractivity contribution in [1.82, 2.24) is 4.98 Å². The molecule has 9 heavy (non-hydrogen) atoms. The van der Waals surface area contributed by atoms with Crippen LogP contribution in [0.4, 0.5) is 0 Å². The van der Waals surface area contributed by atoms with Gasteiger partial charge in [-0.05, 0) is 6.42 Å². The van der Waals surface area contributed by atoms with E-state index in [1.54, 1.807) is 11.7 Å². The molecule has 0 spiro atoms. The molecular formula is C6H9NOS. The Morgan fingerprint density at radius 1 is 1.78 bits per heavy atom. The minimum Gasteiger partial charge on any atom is -0.483 e. The van der Waals surface area contributed by atoms with Crippen molar-refractivity contribution in [1.29, 1.82) is 0 Å². The Morgan fingerprint density at radius 2 is 2.67 bits per heavy atom. The summed E-state index contributed by atoms with van der Waals surface area (Å²) in [6, 6.07) is 0. The van der Waals surface area contributed by atoms with E-state index < -0.39 is 0 Å². The fraction of sp³-hybridized carbons (Fsp3) is 0.500. The second kappa shape index (κ2) is 3.45. The molecule has 0 aromatic carbocycles. The molecule has 50 valence electrons. The Bertz CT molecular complexity index is 150. The molecule has 1 heterocycles. The summed E-state index contributed by atoms with van der Waals surface area (Å²) in [6.07, 6.45) is 2.79. The quantitative estimate of drug-likeness (QED) is 0.645. The smallest absolute Gasteiger partial charge is 0.193 e. The molecule has 0 atom stereocenters. The predicted octanol–water partition coefficient (Wildman–Crippen LogP) is 1.93. The van der Waals surface area contributed by atoms with Gasteiger partial charge in [0.1, 0.15) is 0 Å². The first-order valence-electron chi connectivity index (χ1n) is 2.94. The maximum absolute atomic E-state index is 5.25. The molecule has 0 saturated heterocycles. The first-order chi connectivity index (χ1) is 4.43. The van der Waals surface area contributed by atoms with Gasteiger partial charge in [-0.2, -0.15) is 0 Å². The number of hydrogen-bond acceptors (Lipinski definition) is 3. The predicted molar refractivity (Wildman–Crippen MR) is 37.9 cm³/mol. The Hall–Kier alpha value is -0.570. The van der Waals surface area contributed by atoms with Gasteiger partial charge in [0.2, 0.25) is 0 Å². The zero-order chi connectivity index (χ0) is 6.53. The van der Waals surface area contributed by atoms with Crippen molar-refractivity contribution in [2.24, 2.45) is 0 Å². The number of thiazole rings is 1. The highest BCUT2D eigenvalue weighted by Crippen LogP contribution is 2.15. The van der Waals surface area contributed by atoms with Crippen LogP contribution in [-0.4, -0.2) is 11.6 Å². The standard InChI is InChI=1S/C6H9NOS/c1-2-3-8-6-4-7-5-9-6/h4-5H,2-3H2,1H3. The number of nitrogens with zero attached hydrogens (tertiary/aromatic N) is 1. The van der Waals surface area contributed by atoms with Crippen LogP contribution in [0.3, 0.4) is 0 Å². The highest BCUT2D eigenvalue weighted by Gasteiger charge is 1.90. The van der Waals surface area contributed by atoms with Crippen molar-refractivity contribution in [3.8, 4) is 5.06 Å². The van der Waals surface area contributed by atoms with Crippen LogP contribution in [-0.2, 0) is 0 Å². The SMILES string of the molecule is CCCOc1cncs1. The van der Waals surface area contributed by atoms with Crippen LogP contribution in [0.1, 0.15) is 13.3 Å². The average molecular weight is 143 g/mol. The van der Waals surface area contributed by atoms with Gasteiger partial charge in [-0.3, -0.25) is 0 Å². The van der Waals surface area contributed by atoms with E-state index in [1.807, 2.05) is 0 Å². The lowest BCUT2D eigenvalue weighted by Crippen LogP contribution is -1.91. The van der Waals surface area contributed by atoms with Gasteiger partial charge in [-0.15, -0.1) is 0 Å². The highest BCUT2D eigenvalue weighted by molar-refractivity contribution is 7.11. The second-order valence-electron chi connectivity index (χ2n) is 1.67. The molecule has 0 bridgehead atoms. The van der Waals surface area contributed by atoms with Crippen LogP contribution in [0.5, 0.6) is 5.06 Å². The van der Waals surface area contributed by atoms with Crippen LogP contribution in [0.2, 0.25) is 0 Å². The maximum Gasteiger partial charge on any atom is 0.193 e. The minimum atomic E-state index is 0.794. The summed E-state index contributed by atoms with van der Waals surface area (Å²) in [6.45, 7) is 2.88. The first-order valence-corrected chi connectivity index (χ1v) is 3.82. The molecule has 0 aliphatic carbocycles. The van der Waals surface area contributed by atoms with Gasteiger partial charge in [0.25, 0.3) is 0 Å². The van der Waals surface area contributed by atoms with Crippen LogP contribution in [0.15, 0.2) is 11.7 Å². The van der Waals surface area contributed by atoms with Gasteiger partial charge in [0, 0.05) is 0 Å². The van der Waals surface area contributed by atoms with E-state index in [2.05, 4.69) is 11.9 Å². The molecular weight excluding hydrogens is 134 g/mol. The summed E-state index contributed by atoms with van der Waals surface area (Å²) < 4.78 is 5.25. The monoisotopic (exact) mass is 143 g/mol. The van der Waals surface area contributed by atoms with Gasteiger partial charge < -0.3 is 4.74 Å². The van der Waals surface area contributed by atoms with Crippen LogP contribution in [0, 0.1) is 0 Å². The third-order valence-electron chi connectivity index (χ3n) is 0.858. The van der Waals surface area contributed by atoms with E-state index in [0.29, 0.717) is 0 Å². The fourth-order valence-corrected chi connectivity index (χ4v) is 0.977. The van der Waals surface area contributed by atoms with Crippen molar-refractivity contribution >= 4 is 11.3 Å². The molecule has 0 aliphatic heterocycles. The van der Waals surface area contributed by atoms with E-state index >= 15 is 0 Å². The Morgan fingerprint density at radius 3 is 3.22 bits per heavy atom. The van der Waals surface area contributed by atoms with Crippen molar-refractivity contribution in [3.05, 3.63) is 11.7 Å². The number of hydrogen-bond donors (Lipinski definition) is 0. The van der Waals surface area contributed by atoms with E-state index in [4.69, 9.17) is 4.74 Å². The van der Waals surface area contributed by atoms with Gasteiger partial charge in [0.05, 0.1) is 18.3 Å². The molecule has 1 rings (SSSR count). The van der Waals surface area contributed by atoms with Crippen LogP contribution in [0.25, 0.3) is 0 Å². The highest BCUT2D eigenvalue weighted by atomic mass is 32.1.